The number of halogens is 1. The number of hydrogen-bond acceptors (Lipinski definition) is 1. The van der Waals surface area contributed by atoms with Crippen LogP contribution in [-0.2, 0) is 0 Å². The molecular weight excluding hydrogens is 218 g/mol. The van der Waals surface area contributed by atoms with Gasteiger partial charge in [0, 0.05) is 11.1 Å². The molecule has 2 unspecified atom stereocenters. The van der Waals surface area contributed by atoms with Crippen molar-refractivity contribution in [3.8, 4) is 0 Å². The molecule has 0 aliphatic heterocycles. The standard InChI is InChI=1S/C14H22ClN/c1-4-11(3)10-14(16-5-2)12-6-8-13(15)9-7-12/h6-9,11,14,16H,4-5,10H2,1-3H3. The van der Waals surface area contributed by atoms with Crippen LogP contribution < -0.4 is 5.32 Å². The first-order valence-electron chi connectivity index (χ1n) is 6.16. The molecule has 0 saturated carbocycles. The average Bonchev–Trinajstić information content (AvgIpc) is 2.29. The summed E-state index contributed by atoms with van der Waals surface area (Å²) in [5, 5.41) is 4.35. The lowest BCUT2D eigenvalue weighted by Crippen LogP contribution is -2.22. The Kier molecular flexibility index (Phi) is 5.86. The van der Waals surface area contributed by atoms with E-state index >= 15 is 0 Å². The van der Waals surface area contributed by atoms with Crippen molar-refractivity contribution >= 4 is 11.6 Å². The third kappa shape index (κ3) is 4.15. The molecule has 1 N–H and O–H groups in total. The molecule has 0 fully saturated rings. The van der Waals surface area contributed by atoms with Gasteiger partial charge in [0.25, 0.3) is 0 Å². The second kappa shape index (κ2) is 6.93. The topological polar surface area (TPSA) is 12.0 Å². The van der Waals surface area contributed by atoms with Gasteiger partial charge in [0.05, 0.1) is 0 Å². The maximum absolute atomic E-state index is 5.91. The van der Waals surface area contributed by atoms with E-state index in [-0.39, 0.29) is 0 Å². The van der Waals surface area contributed by atoms with Gasteiger partial charge in [0.1, 0.15) is 0 Å². The van der Waals surface area contributed by atoms with Gasteiger partial charge in [-0.3, -0.25) is 0 Å². The zero-order valence-electron chi connectivity index (χ0n) is 10.5. The number of hydrogen-bond donors (Lipinski definition) is 1. The van der Waals surface area contributed by atoms with Crippen LogP contribution in [0.1, 0.15) is 45.2 Å². The maximum Gasteiger partial charge on any atom is 0.0406 e. The van der Waals surface area contributed by atoms with E-state index < -0.39 is 0 Å². The van der Waals surface area contributed by atoms with Crippen LogP contribution in [0.25, 0.3) is 0 Å². The second-order valence-electron chi connectivity index (χ2n) is 4.41. The van der Waals surface area contributed by atoms with Crippen LogP contribution >= 0.6 is 11.6 Å². The van der Waals surface area contributed by atoms with Crippen LogP contribution in [0.2, 0.25) is 5.02 Å². The van der Waals surface area contributed by atoms with Crippen molar-refractivity contribution in [3.63, 3.8) is 0 Å². The lowest BCUT2D eigenvalue weighted by molar-refractivity contribution is 0.408. The molecule has 0 aliphatic rings. The van der Waals surface area contributed by atoms with Crippen molar-refractivity contribution in [2.75, 3.05) is 6.54 Å². The van der Waals surface area contributed by atoms with Gasteiger partial charge in [-0.2, -0.15) is 0 Å². The van der Waals surface area contributed by atoms with E-state index in [0.717, 1.165) is 17.5 Å². The third-order valence-electron chi connectivity index (χ3n) is 3.06. The molecule has 0 aromatic heterocycles. The quantitative estimate of drug-likeness (QED) is 0.775. The molecule has 1 aromatic carbocycles. The minimum atomic E-state index is 0.456. The summed E-state index contributed by atoms with van der Waals surface area (Å²) in [5.41, 5.74) is 1.34. The molecule has 16 heavy (non-hydrogen) atoms. The lowest BCUT2D eigenvalue weighted by atomic mass is 9.94. The van der Waals surface area contributed by atoms with E-state index in [9.17, 15) is 0 Å². The molecule has 0 heterocycles. The number of rotatable bonds is 6. The highest BCUT2D eigenvalue weighted by molar-refractivity contribution is 6.30. The predicted octanol–water partition coefficient (Wildman–Crippen LogP) is 4.43. The summed E-state index contributed by atoms with van der Waals surface area (Å²) in [6.07, 6.45) is 2.42. The van der Waals surface area contributed by atoms with E-state index in [4.69, 9.17) is 11.6 Å². The summed E-state index contributed by atoms with van der Waals surface area (Å²) in [5.74, 6) is 0.750. The van der Waals surface area contributed by atoms with Gasteiger partial charge in [-0.1, -0.05) is 50.9 Å². The molecule has 2 heteroatoms. The molecule has 1 rings (SSSR count). The summed E-state index contributed by atoms with van der Waals surface area (Å²) >= 11 is 5.91. The van der Waals surface area contributed by atoms with Gasteiger partial charge in [0.2, 0.25) is 0 Å². The van der Waals surface area contributed by atoms with Crippen LogP contribution in [0, 0.1) is 5.92 Å². The van der Waals surface area contributed by atoms with Crippen molar-refractivity contribution in [3.05, 3.63) is 34.9 Å². The molecule has 0 radical (unpaired) electrons. The van der Waals surface area contributed by atoms with Crippen molar-refractivity contribution in [1.82, 2.24) is 5.32 Å². The molecule has 1 aromatic rings. The summed E-state index contributed by atoms with van der Waals surface area (Å²) < 4.78 is 0. The molecule has 2 atom stereocenters. The van der Waals surface area contributed by atoms with Crippen LogP contribution in [-0.4, -0.2) is 6.54 Å². The summed E-state index contributed by atoms with van der Waals surface area (Å²) in [6.45, 7) is 7.71. The average molecular weight is 240 g/mol. The molecule has 0 spiro atoms. The van der Waals surface area contributed by atoms with E-state index in [2.05, 4.69) is 38.2 Å². The first kappa shape index (κ1) is 13.5. The highest BCUT2D eigenvalue weighted by atomic mass is 35.5. The van der Waals surface area contributed by atoms with Gasteiger partial charge in [-0.05, 0) is 36.6 Å². The molecule has 0 saturated heterocycles. The molecule has 90 valence electrons. The summed E-state index contributed by atoms with van der Waals surface area (Å²) in [6, 6.07) is 8.64. The smallest absolute Gasteiger partial charge is 0.0406 e. The van der Waals surface area contributed by atoms with Gasteiger partial charge in [0.15, 0.2) is 0 Å². The van der Waals surface area contributed by atoms with Gasteiger partial charge < -0.3 is 5.32 Å². The van der Waals surface area contributed by atoms with Crippen molar-refractivity contribution < 1.29 is 0 Å². The zero-order valence-corrected chi connectivity index (χ0v) is 11.2. The first-order valence-corrected chi connectivity index (χ1v) is 6.54. The Morgan fingerprint density at radius 1 is 1.19 bits per heavy atom. The normalized spacial score (nSPS) is 14.8. The van der Waals surface area contributed by atoms with Gasteiger partial charge >= 0.3 is 0 Å². The monoisotopic (exact) mass is 239 g/mol. The highest BCUT2D eigenvalue weighted by Crippen LogP contribution is 2.24. The Morgan fingerprint density at radius 2 is 1.81 bits per heavy atom. The van der Waals surface area contributed by atoms with Crippen LogP contribution in [0.4, 0.5) is 0 Å². The Labute approximate surface area is 104 Å². The van der Waals surface area contributed by atoms with Crippen molar-refractivity contribution in [2.24, 2.45) is 5.92 Å². The van der Waals surface area contributed by atoms with Crippen LogP contribution in [0.5, 0.6) is 0 Å². The second-order valence-corrected chi connectivity index (χ2v) is 4.85. The fraction of sp³-hybridized carbons (Fsp3) is 0.571. The Morgan fingerprint density at radius 3 is 2.31 bits per heavy atom. The maximum atomic E-state index is 5.91. The lowest BCUT2D eigenvalue weighted by Gasteiger charge is -2.21. The molecule has 0 bridgehead atoms. The summed E-state index contributed by atoms with van der Waals surface area (Å²) in [7, 11) is 0. The van der Waals surface area contributed by atoms with E-state index in [0.29, 0.717) is 6.04 Å². The van der Waals surface area contributed by atoms with Gasteiger partial charge in [-0.15, -0.1) is 0 Å². The fourth-order valence-corrected chi connectivity index (χ4v) is 1.97. The zero-order chi connectivity index (χ0) is 12.0. The van der Waals surface area contributed by atoms with Crippen LogP contribution in [0.3, 0.4) is 0 Å². The third-order valence-corrected chi connectivity index (χ3v) is 3.31. The largest absolute Gasteiger partial charge is 0.310 e. The summed E-state index contributed by atoms with van der Waals surface area (Å²) in [4.78, 5) is 0. The number of benzene rings is 1. The molecule has 0 amide bonds. The fourth-order valence-electron chi connectivity index (χ4n) is 1.85. The minimum absolute atomic E-state index is 0.456. The van der Waals surface area contributed by atoms with Crippen molar-refractivity contribution in [1.29, 1.82) is 0 Å². The number of nitrogens with one attached hydrogen (secondary N) is 1. The predicted molar refractivity (Wildman–Crippen MR) is 71.9 cm³/mol. The SMILES string of the molecule is CCNC(CC(C)CC)c1ccc(Cl)cc1. The van der Waals surface area contributed by atoms with E-state index in [1.807, 2.05) is 12.1 Å². The van der Waals surface area contributed by atoms with E-state index in [1.54, 1.807) is 0 Å². The van der Waals surface area contributed by atoms with Gasteiger partial charge in [-0.25, -0.2) is 0 Å². The Balaban J connectivity index is 2.72. The highest BCUT2D eigenvalue weighted by Gasteiger charge is 2.13. The van der Waals surface area contributed by atoms with Crippen LogP contribution in [0.15, 0.2) is 24.3 Å². The first-order chi connectivity index (χ1) is 7.67. The molecular formula is C14H22ClN. The van der Waals surface area contributed by atoms with E-state index in [1.165, 1.54) is 18.4 Å². The Hall–Kier alpha value is -0.530. The molecule has 1 nitrogen and oxygen atoms in total. The Bertz CT molecular complexity index is 294. The minimum Gasteiger partial charge on any atom is -0.310 e. The van der Waals surface area contributed by atoms with Crippen molar-refractivity contribution in [2.45, 2.75) is 39.7 Å². The molecule has 0 aliphatic carbocycles.